The topological polar surface area (TPSA) is 54.6 Å². The molecule has 4 nitrogen and oxygen atoms in total. The van der Waals surface area contributed by atoms with Gasteiger partial charge in [-0.1, -0.05) is 11.6 Å². The highest BCUT2D eigenvalue weighted by Gasteiger charge is 2.13. The summed E-state index contributed by atoms with van der Waals surface area (Å²) in [5.41, 5.74) is 1.55. The summed E-state index contributed by atoms with van der Waals surface area (Å²) in [4.78, 5) is 16.7. The molecule has 0 unspecified atom stereocenters. The van der Waals surface area contributed by atoms with Gasteiger partial charge in [0.2, 0.25) is 5.88 Å². The number of carbonyl (C=O) groups excluding carboxylic acids is 1. The summed E-state index contributed by atoms with van der Waals surface area (Å²) < 4.78 is 2.06. The maximum Gasteiger partial charge on any atom is 0.277 e. The van der Waals surface area contributed by atoms with Crippen molar-refractivity contribution in [2.24, 2.45) is 12.0 Å². The SMILES string of the molecule is Cc1ccc2c(c1)=C/C(=C\c1sc(=S)n(C)c1O)C(=O)N=2. The Kier molecular flexibility index (Phi) is 3.35. The second-order valence-electron chi connectivity index (χ2n) is 4.84. The number of rotatable bonds is 1. The fraction of sp³-hybridized carbons (Fsp3) is 0.133. The molecule has 1 N–H and O–H groups in total. The first-order valence-corrected chi connectivity index (χ1v) is 7.50. The summed E-state index contributed by atoms with van der Waals surface area (Å²) in [6.45, 7) is 1.99. The zero-order chi connectivity index (χ0) is 15.1. The van der Waals surface area contributed by atoms with Crippen LogP contribution in [0.5, 0.6) is 5.88 Å². The Balaban J connectivity index is 2.19. The standard InChI is InChI=1S/C15H12N2O2S2/c1-8-3-4-11-9(5-8)6-10(13(18)16-11)7-12-14(19)17(2)15(20)21-12/h3-7,19H,1-2H3/b10-7+. The van der Waals surface area contributed by atoms with Gasteiger partial charge in [-0.2, -0.15) is 0 Å². The summed E-state index contributed by atoms with van der Waals surface area (Å²) >= 11 is 6.37. The summed E-state index contributed by atoms with van der Waals surface area (Å²) in [6, 6.07) is 5.73. The van der Waals surface area contributed by atoms with Crippen molar-refractivity contribution in [3.63, 3.8) is 0 Å². The fourth-order valence-electron chi connectivity index (χ4n) is 2.09. The first kappa shape index (κ1) is 13.9. The van der Waals surface area contributed by atoms with E-state index in [-0.39, 0.29) is 11.8 Å². The van der Waals surface area contributed by atoms with Gasteiger partial charge in [-0.05, 0) is 43.4 Å². The number of aromatic hydroxyl groups is 1. The Morgan fingerprint density at radius 3 is 2.86 bits per heavy atom. The highest BCUT2D eigenvalue weighted by molar-refractivity contribution is 7.73. The van der Waals surface area contributed by atoms with E-state index >= 15 is 0 Å². The normalized spacial score (nSPS) is 15.5. The molecule has 0 saturated heterocycles. The van der Waals surface area contributed by atoms with Gasteiger partial charge >= 0.3 is 0 Å². The fourth-order valence-corrected chi connectivity index (χ4v) is 3.27. The highest BCUT2D eigenvalue weighted by Crippen LogP contribution is 2.27. The van der Waals surface area contributed by atoms with E-state index in [1.807, 2.05) is 25.1 Å². The molecule has 1 aromatic carbocycles. The van der Waals surface area contributed by atoms with Crippen molar-refractivity contribution in [2.75, 3.05) is 0 Å². The van der Waals surface area contributed by atoms with Crippen molar-refractivity contribution in [3.8, 4) is 5.88 Å². The van der Waals surface area contributed by atoms with Crippen molar-refractivity contribution >= 4 is 41.6 Å². The highest BCUT2D eigenvalue weighted by atomic mass is 32.1. The molecular weight excluding hydrogens is 304 g/mol. The smallest absolute Gasteiger partial charge is 0.277 e. The van der Waals surface area contributed by atoms with Crippen LogP contribution in [0.4, 0.5) is 0 Å². The molecule has 2 aromatic rings. The van der Waals surface area contributed by atoms with Crippen LogP contribution in [-0.4, -0.2) is 15.6 Å². The number of carbonyl (C=O) groups is 1. The number of aryl methyl sites for hydroxylation is 1. The molecule has 1 aliphatic rings. The van der Waals surface area contributed by atoms with Crippen LogP contribution >= 0.6 is 23.6 Å². The molecule has 0 radical (unpaired) electrons. The lowest BCUT2D eigenvalue weighted by Gasteiger charge is -2.03. The minimum atomic E-state index is -0.312. The van der Waals surface area contributed by atoms with E-state index in [9.17, 15) is 9.90 Å². The second kappa shape index (κ2) is 5.05. The molecule has 1 aromatic heterocycles. The quantitative estimate of drug-likeness (QED) is 0.645. The predicted molar refractivity (Wildman–Crippen MR) is 85.2 cm³/mol. The largest absolute Gasteiger partial charge is 0.493 e. The molecule has 21 heavy (non-hydrogen) atoms. The van der Waals surface area contributed by atoms with Crippen LogP contribution in [0.2, 0.25) is 0 Å². The minimum Gasteiger partial charge on any atom is -0.493 e. The van der Waals surface area contributed by atoms with Crippen molar-refractivity contribution in [3.05, 3.63) is 48.7 Å². The van der Waals surface area contributed by atoms with Crippen LogP contribution in [0, 0.1) is 10.9 Å². The van der Waals surface area contributed by atoms with Gasteiger partial charge in [0.05, 0.1) is 10.2 Å². The van der Waals surface area contributed by atoms with Crippen LogP contribution in [-0.2, 0) is 11.8 Å². The molecule has 6 heteroatoms. The Morgan fingerprint density at radius 1 is 1.43 bits per heavy atom. The van der Waals surface area contributed by atoms with Gasteiger partial charge in [-0.15, -0.1) is 11.3 Å². The van der Waals surface area contributed by atoms with Crippen LogP contribution in [0.25, 0.3) is 12.2 Å². The molecule has 0 fully saturated rings. The summed E-state index contributed by atoms with van der Waals surface area (Å²) in [6.07, 6.45) is 3.42. The number of benzene rings is 1. The molecule has 0 saturated carbocycles. The first-order valence-electron chi connectivity index (χ1n) is 6.27. The third kappa shape index (κ3) is 2.48. The van der Waals surface area contributed by atoms with Gasteiger partial charge in [0, 0.05) is 17.8 Å². The lowest BCUT2D eigenvalue weighted by molar-refractivity contribution is -0.114. The van der Waals surface area contributed by atoms with E-state index < -0.39 is 0 Å². The van der Waals surface area contributed by atoms with Gasteiger partial charge in [0.25, 0.3) is 5.91 Å². The average Bonchev–Trinajstić information content (AvgIpc) is 2.68. The van der Waals surface area contributed by atoms with Gasteiger partial charge < -0.3 is 5.11 Å². The Labute approximate surface area is 130 Å². The average molecular weight is 316 g/mol. The van der Waals surface area contributed by atoms with Gasteiger partial charge in [-0.3, -0.25) is 9.36 Å². The van der Waals surface area contributed by atoms with Crippen LogP contribution < -0.4 is 10.6 Å². The third-order valence-corrected chi connectivity index (χ3v) is 4.75. The van der Waals surface area contributed by atoms with E-state index in [4.69, 9.17) is 12.2 Å². The van der Waals surface area contributed by atoms with Crippen molar-refractivity contribution in [1.82, 2.24) is 4.57 Å². The number of fused-ring (bicyclic) bond motifs is 1. The monoisotopic (exact) mass is 316 g/mol. The number of thiazole rings is 1. The van der Waals surface area contributed by atoms with Crippen LogP contribution in [0.1, 0.15) is 10.4 Å². The predicted octanol–water partition coefficient (Wildman–Crippen LogP) is 1.85. The Morgan fingerprint density at radius 2 is 2.19 bits per heavy atom. The molecule has 106 valence electrons. The molecule has 1 amide bonds. The van der Waals surface area contributed by atoms with Gasteiger partial charge in [0.1, 0.15) is 0 Å². The Hall–Kier alpha value is -2.05. The molecule has 2 heterocycles. The van der Waals surface area contributed by atoms with E-state index in [1.165, 1.54) is 15.9 Å². The van der Waals surface area contributed by atoms with E-state index in [0.717, 1.165) is 10.8 Å². The number of amides is 1. The van der Waals surface area contributed by atoms with Gasteiger partial charge in [-0.25, -0.2) is 4.99 Å². The third-order valence-electron chi connectivity index (χ3n) is 3.26. The number of nitrogens with zero attached hydrogens (tertiary/aromatic N) is 2. The van der Waals surface area contributed by atoms with Crippen LogP contribution in [0.15, 0.2) is 28.8 Å². The van der Waals surface area contributed by atoms with Crippen molar-refractivity contribution in [1.29, 1.82) is 0 Å². The first-order chi connectivity index (χ1) is 9.95. The molecule has 3 rings (SSSR count). The lowest BCUT2D eigenvalue weighted by Crippen LogP contribution is -2.30. The molecule has 1 aliphatic heterocycles. The Bertz CT molecular complexity index is 965. The molecule has 0 bridgehead atoms. The number of hydrogen-bond acceptors (Lipinski definition) is 4. The molecule has 0 atom stereocenters. The lowest BCUT2D eigenvalue weighted by atomic mass is 10.1. The van der Waals surface area contributed by atoms with Crippen molar-refractivity contribution in [2.45, 2.75) is 6.92 Å². The number of aromatic nitrogens is 1. The summed E-state index contributed by atoms with van der Waals surface area (Å²) in [7, 11) is 1.69. The summed E-state index contributed by atoms with van der Waals surface area (Å²) in [5, 5.41) is 11.6. The number of hydrogen-bond donors (Lipinski definition) is 1. The molecular formula is C15H12N2O2S2. The maximum atomic E-state index is 12.1. The van der Waals surface area contributed by atoms with E-state index in [1.54, 1.807) is 19.2 Å². The zero-order valence-corrected chi connectivity index (χ0v) is 13.1. The second-order valence-corrected chi connectivity index (χ2v) is 6.51. The van der Waals surface area contributed by atoms with E-state index in [0.29, 0.717) is 19.8 Å². The van der Waals surface area contributed by atoms with E-state index in [2.05, 4.69) is 4.99 Å². The zero-order valence-electron chi connectivity index (χ0n) is 11.5. The molecule has 0 aliphatic carbocycles. The molecule has 0 spiro atoms. The van der Waals surface area contributed by atoms with Crippen molar-refractivity contribution < 1.29 is 9.90 Å². The summed E-state index contributed by atoms with van der Waals surface area (Å²) in [5.74, 6) is -0.249. The minimum absolute atomic E-state index is 0.0636. The van der Waals surface area contributed by atoms with Crippen LogP contribution in [0.3, 0.4) is 0 Å². The van der Waals surface area contributed by atoms with Gasteiger partial charge in [0.15, 0.2) is 3.95 Å². The maximum absolute atomic E-state index is 12.1.